The summed E-state index contributed by atoms with van der Waals surface area (Å²) in [4.78, 5) is 27.7. The van der Waals surface area contributed by atoms with E-state index >= 15 is 0 Å². The van der Waals surface area contributed by atoms with Crippen molar-refractivity contribution in [3.05, 3.63) is 58.1 Å². The zero-order valence-corrected chi connectivity index (χ0v) is 24.2. The minimum absolute atomic E-state index is 0.0259. The molecule has 0 unspecified atom stereocenters. The molecule has 2 rings (SSSR count). The molecule has 0 aliphatic heterocycles. The van der Waals surface area contributed by atoms with E-state index in [1.807, 2.05) is 13.8 Å². The minimum Gasteiger partial charge on any atom is -0.495 e. The Morgan fingerprint density at radius 1 is 1.08 bits per heavy atom. The number of anilines is 1. The lowest BCUT2D eigenvalue weighted by Gasteiger charge is -2.30. The summed E-state index contributed by atoms with van der Waals surface area (Å²) in [5, 5.41) is 3.78. The van der Waals surface area contributed by atoms with Crippen LogP contribution < -0.4 is 14.4 Å². The van der Waals surface area contributed by atoms with Crippen molar-refractivity contribution in [3.8, 4) is 5.75 Å². The first kappa shape index (κ1) is 30.7. The maximum Gasteiger partial charge on any atom is 0.242 e. The number of nitrogens with zero attached hydrogens (tertiary/aromatic N) is 2. The quantitative estimate of drug-likeness (QED) is 0.369. The van der Waals surface area contributed by atoms with Crippen molar-refractivity contribution in [2.45, 2.75) is 58.7 Å². The molecule has 0 saturated carbocycles. The molecule has 2 aromatic rings. The zero-order valence-electron chi connectivity index (χ0n) is 21.8. The summed E-state index contributed by atoms with van der Waals surface area (Å²) >= 11 is 12.2. The van der Waals surface area contributed by atoms with Crippen molar-refractivity contribution < 1.29 is 22.7 Å². The molecule has 0 fully saturated rings. The summed E-state index contributed by atoms with van der Waals surface area (Å²) in [6, 6.07) is 11.0. The summed E-state index contributed by atoms with van der Waals surface area (Å²) in [5.74, 6) is -0.0817. The maximum absolute atomic E-state index is 13.3. The number of hydrogen-bond acceptors (Lipinski definition) is 5. The van der Waals surface area contributed by atoms with Gasteiger partial charge in [0.05, 0.1) is 24.1 Å². The van der Waals surface area contributed by atoms with Gasteiger partial charge in [0.2, 0.25) is 21.8 Å². The van der Waals surface area contributed by atoms with E-state index in [2.05, 4.69) is 5.32 Å². The van der Waals surface area contributed by atoms with Gasteiger partial charge in [-0.25, -0.2) is 8.42 Å². The van der Waals surface area contributed by atoms with Gasteiger partial charge in [0.1, 0.15) is 11.8 Å². The minimum atomic E-state index is -3.64. The highest BCUT2D eigenvalue weighted by Gasteiger charge is 2.27. The lowest BCUT2D eigenvalue weighted by atomic mass is 10.1. The summed E-state index contributed by atoms with van der Waals surface area (Å²) in [6.07, 6.45) is 2.15. The largest absolute Gasteiger partial charge is 0.495 e. The van der Waals surface area contributed by atoms with Crippen LogP contribution >= 0.6 is 23.2 Å². The third kappa shape index (κ3) is 9.09. The van der Waals surface area contributed by atoms with Gasteiger partial charge in [0.25, 0.3) is 0 Å². The Morgan fingerprint density at radius 2 is 1.73 bits per heavy atom. The van der Waals surface area contributed by atoms with Crippen LogP contribution in [0.2, 0.25) is 10.0 Å². The molecule has 0 aliphatic carbocycles. The lowest BCUT2D eigenvalue weighted by molar-refractivity contribution is -0.140. The van der Waals surface area contributed by atoms with E-state index in [0.717, 1.165) is 18.2 Å². The Bertz CT molecular complexity index is 1180. The number of nitrogens with one attached hydrogen (secondary N) is 1. The van der Waals surface area contributed by atoms with E-state index in [1.54, 1.807) is 43.3 Å². The Hall–Kier alpha value is -2.49. The molecule has 0 bridgehead atoms. The number of hydrogen-bond donors (Lipinski definition) is 1. The van der Waals surface area contributed by atoms with Crippen LogP contribution in [0.1, 0.15) is 45.6 Å². The van der Waals surface area contributed by atoms with Crippen LogP contribution in [0.25, 0.3) is 0 Å². The van der Waals surface area contributed by atoms with Crippen molar-refractivity contribution in [2.24, 2.45) is 0 Å². The molecule has 2 atom stereocenters. The molecule has 8 nitrogen and oxygen atoms in total. The van der Waals surface area contributed by atoms with Gasteiger partial charge in [-0.15, -0.1) is 0 Å². The van der Waals surface area contributed by atoms with Crippen molar-refractivity contribution in [1.29, 1.82) is 0 Å². The van der Waals surface area contributed by atoms with Crippen LogP contribution in [-0.4, -0.2) is 57.1 Å². The fraction of sp³-hybridized carbons (Fsp3) is 0.462. The number of halogens is 2. The van der Waals surface area contributed by atoms with Gasteiger partial charge >= 0.3 is 0 Å². The van der Waals surface area contributed by atoms with Gasteiger partial charge in [-0.1, -0.05) is 42.3 Å². The van der Waals surface area contributed by atoms with Crippen LogP contribution in [-0.2, 0) is 26.2 Å². The highest BCUT2D eigenvalue weighted by molar-refractivity contribution is 7.92. The van der Waals surface area contributed by atoms with Gasteiger partial charge in [0.15, 0.2) is 0 Å². The second-order valence-electron chi connectivity index (χ2n) is 8.90. The van der Waals surface area contributed by atoms with Gasteiger partial charge < -0.3 is 15.0 Å². The van der Waals surface area contributed by atoms with E-state index in [9.17, 15) is 18.0 Å². The number of methoxy groups -OCH3 is 1. The summed E-state index contributed by atoms with van der Waals surface area (Å²) in [6.45, 7) is 5.84. The van der Waals surface area contributed by atoms with Gasteiger partial charge in [-0.2, -0.15) is 0 Å². The van der Waals surface area contributed by atoms with E-state index in [1.165, 1.54) is 22.4 Å². The lowest BCUT2D eigenvalue weighted by Crippen LogP contribution is -2.49. The average molecular weight is 573 g/mol. The Balaban J connectivity index is 2.19. The topological polar surface area (TPSA) is 96.0 Å². The third-order valence-corrected chi connectivity index (χ3v) is 7.75. The normalized spacial score (nSPS) is 12.9. The Kier molecular flexibility index (Phi) is 11.5. The second-order valence-corrected chi connectivity index (χ2v) is 11.6. The van der Waals surface area contributed by atoms with Crippen LogP contribution in [0.5, 0.6) is 5.75 Å². The number of ether oxygens (including phenoxy) is 1. The molecule has 2 amide bonds. The van der Waals surface area contributed by atoms with Gasteiger partial charge in [-0.3, -0.25) is 13.9 Å². The van der Waals surface area contributed by atoms with E-state index in [-0.39, 0.29) is 48.8 Å². The zero-order chi connectivity index (χ0) is 27.8. The summed E-state index contributed by atoms with van der Waals surface area (Å²) in [5.41, 5.74) is 1.20. The molecule has 0 spiro atoms. The highest BCUT2D eigenvalue weighted by Crippen LogP contribution is 2.30. The molecule has 11 heteroatoms. The first-order valence-electron chi connectivity index (χ1n) is 12.0. The molecule has 0 aliphatic rings. The second kappa shape index (κ2) is 13.9. The van der Waals surface area contributed by atoms with Crippen LogP contribution in [0.3, 0.4) is 0 Å². The Labute approximate surface area is 229 Å². The van der Waals surface area contributed by atoms with Crippen molar-refractivity contribution in [1.82, 2.24) is 10.2 Å². The van der Waals surface area contributed by atoms with E-state index in [4.69, 9.17) is 27.9 Å². The number of sulfonamides is 1. The van der Waals surface area contributed by atoms with Gasteiger partial charge in [0, 0.05) is 30.6 Å². The standard InChI is InChI=1S/C26H35Cl2N3O5S/c1-6-18(2)29-26(33)19(3)30(17-20-9-11-21(27)12-10-20)25(32)8-7-15-31(37(5,34)35)22-13-14-24(36-4)23(28)16-22/h9-14,16,18-19H,6-8,15,17H2,1-5H3,(H,29,33)/t18-,19+/m1/s1. The average Bonchev–Trinajstić information content (AvgIpc) is 2.84. The fourth-order valence-electron chi connectivity index (χ4n) is 3.65. The Morgan fingerprint density at radius 3 is 2.27 bits per heavy atom. The molecule has 0 radical (unpaired) electrons. The van der Waals surface area contributed by atoms with Crippen LogP contribution in [0, 0.1) is 0 Å². The monoisotopic (exact) mass is 571 g/mol. The molecular formula is C26H35Cl2N3O5S. The predicted octanol–water partition coefficient (Wildman–Crippen LogP) is 4.88. The molecule has 0 heterocycles. The van der Waals surface area contributed by atoms with Crippen LogP contribution in [0.4, 0.5) is 5.69 Å². The molecule has 2 aromatic carbocycles. The number of rotatable bonds is 13. The first-order valence-corrected chi connectivity index (χ1v) is 14.6. The van der Waals surface area contributed by atoms with Gasteiger partial charge in [-0.05, 0) is 62.6 Å². The molecule has 1 N–H and O–H groups in total. The van der Waals surface area contributed by atoms with Crippen molar-refractivity contribution >= 4 is 50.7 Å². The smallest absolute Gasteiger partial charge is 0.242 e. The molecule has 0 saturated heterocycles. The molecule has 37 heavy (non-hydrogen) atoms. The number of carbonyl (C=O) groups excluding carboxylic acids is 2. The molecule has 204 valence electrons. The SMILES string of the molecule is CC[C@@H](C)NC(=O)[C@H](C)N(Cc1ccc(Cl)cc1)C(=O)CCCN(c1ccc(OC)c(Cl)c1)S(C)(=O)=O. The number of benzene rings is 2. The summed E-state index contributed by atoms with van der Waals surface area (Å²) in [7, 11) is -2.17. The molecule has 0 aromatic heterocycles. The molecular weight excluding hydrogens is 537 g/mol. The maximum atomic E-state index is 13.3. The third-order valence-electron chi connectivity index (χ3n) is 6.01. The van der Waals surface area contributed by atoms with E-state index < -0.39 is 16.1 Å². The number of carbonyl (C=O) groups is 2. The fourth-order valence-corrected chi connectivity index (χ4v) is 4.98. The first-order chi connectivity index (χ1) is 17.4. The summed E-state index contributed by atoms with van der Waals surface area (Å²) < 4.78 is 31.3. The number of amides is 2. The van der Waals surface area contributed by atoms with Crippen molar-refractivity contribution in [2.75, 3.05) is 24.2 Å². The predicted molar refractivity (Wildman–Crippen MR) is 149 cm³/mol. The van der Waals surface area contributed by atoms with Crippen molar-refractivity contribution in [3.63, 3.8) is 0 Å². The van der Waals surface area contributed by atoms with E-state index in [0.29, 0.717) is 16.5 Å². The van der Waals surface area contributed by atoms with Crippen LogP contribution in [0.15, 0.2) is 42.5 Å². The highest BCUT2D eigenvalue weighted by atomic mass is 35.5.